The Balaban J connectivity index is 1.89. The number of methoxy groups -OCH3 is 1. The second kappa shape index (κ2) is 7.37. The molecule has 0 N–H and O–H groups in total. The largest absolute Gasteiger partial charge is 0.497 e. The summed E-state index contributed by atoms with van der Waals surface area (Å²) < 4.78 is 8.45. The SMILES string of the molecule is COc1ccc(Cc2c(-c3cccc(Br)c3)nc3ccc(Cl)cn23)c(C)c1. The molecular weight excluding hydrogens is 424 g/mol. The van der Waals surface area contributed by atoms with Crippen LogP contribution < -0.4 is 4.74 Å². The molecule has 2 heterocycles. The fourth-order valence-electron chi connectivity index (χ4n) is 3.28. The van der Waals surface area contributed by atoms with Crippen molar-refractivity contribution in [2.75, 3.05) is 7.11 Å². The first-order valence-electron chi connectivity index (χ1n) is 8.61. The van der Waals surface area contributed by atoms with Crippen molar-refractivity contribution in [1.82, 2.24) is 9.38 Å². The average Bonchev–Trinajstić information content (AvgIpc) is 3.01. The van der Waals surface area contributed by atoms with E-state index in [1.54, 1.807) is 7.11 Å². The van der Waals surface area contributed by atoms with Crippen LogP contribution in [0, 0.1) is 6.92 Å². The zero-order valence-electron chi connectivity index (χ0n) is 15.0. The number of aromatic nitrogens is 2. The van der Waals surface area contributed by atoms with Gasteiger partial charge in [0, 0.05) is 22.7 Å². The summed E-state index contributed by atoms with van der Waals surface area (Å²) in [5.74, 6) is 0.865. The maximum Gasteiger partial charge on any atom is 0.137 e. The molecule has 0 aliphatic carbocycles. The summed E-state index contributed by atoms with van der Waals surface area (Å²) >= 11 is 9.84. The number of nitrogens with zero attached hydrogens (tertiary/aromatic N) is 2. The normalized spacial score (nSPS) is 11.1. The third kappa shape index (κ3) is 3.60. The van der Waals surface area contributed by atoms with Crippen molar-refractivity contribution >= 4 is 33.2 Å². The zero-order chi connectivity index (χ0) is 19.0. The Labute approximate surface area is 171 Å². The quantitative estimate of drug-likeness (QED) is 0.370. The second-order valence-corrected chi connectivity index (χ2v) is 7.81. The Morgan fingerprint density at radius 1 is 1.11 bits per heavy atom. The lowest BCUT2D eigenvalue weighted by atomic mass is 10.0. The number of pyridine rings is 1. The minimum absolute atomic E-state index is 0.688. The van der Waals surface area contributed by atoms with Crippen molar-refractivity contribution in [1.29, 1.82) is 0 Å². The summed E-state index contributed by atoms with van der Waals surface area (Å²) in [6, 6.07) is 18.2. The smallest absolute Gasteiger partial charge is 0.137 e. The van der Waals surface area contributed by atoms with Crippen LogP contribution in [0.3, 0.4) is 0 Å². The maximum atomic E-state index is 6.27. The van der Waals surface area contributed by atoms with Crippen molar-refractivity contribution in [2.24, 2.45) is 0 Å². The number of hydrogen-bond donors (Lipinski definition) is 0. The van der Waals surface area contributed by atoms with E-state index in [9.17, 15) is 0 Å². The van der Waals surface area contributed by atoms with Gasteiger partial charge in [0.05, 0.1) is 23.5 Å². The summed E-state index contributed by atoms with van der Waals surface area (Å²) in [7, 11) is 1.69. The highest BCUT2D eigenvalue weighted by Crippen LogP contribution is 2.30. The third-order valence-corrected chi connectivity index (χ3v) is 5.40. The van der Waals surface area contributed by atoms with E-state index in [0.29, 0.717) is 5.02 Å². The van der Waals surface area contributed by atoms with Crippen LogP contribution in [0.25, 0.3) is 16.9 Å². The Morgan fingerprint density at radius 2 is 1.96 bits per heavy atom. The highest BCUT2D eigenvalue weighted by atomic mass is 79.9. The number of ether oxygens (including phenoxy) is 1. The van der Waals surface area contributed by atoms with E-state index >= 15 is 0 Å². The molecule has 0 atom stereocenters. The van der Waals surface area contributed by atoms with E-state index in [2.05, 4.69) is 51.5 Å². The Morgan fingerprint density at radius 3 is 2.70 bits per heavy atom. The Kier molecular flexibility index (Phi) is 4.94. The van der Waals surface area contributed by atoms with E-state index in [-0.39, 0.29) is 0 Å². The topological polar surface area (TPSA) is 26.5 Å². The molecule has 2 aromatic heterocycles. The predicted octanol–water partition coefficient (Wildman–Crippen LogP) is 6.33. The second-order valence-electron chi connectivity index (χ2n) is 6.46. The number of hydrogen-bond acceptors (Lipinski definition) is 2. The molecule has 0 saturated heterocycles. The Bertz CT molecular complexity index is 1140. The van der Waals surface area contributed by atoms with E-state index in [1.807, 2.05) is 36.5 Å². The molecule has 0 saturated carbocycles. The summed E-state index contributed by atoms with van der Waals surface area (Å²) in [6.45, 7) is 2.10. The standard InChI is InChI=1S/C22H18BrClN2O/c1-14-10-19(27-2)8-6-15(14)12-20-22(16-4-3-5-17(23)11-16)25-21-9-7-18(24)13-26(20)21/h3-11,13H,12H2,1-2H3. The van der Waals surface area contributed by atoms with E-state index < -0.39 is 0 Å². The molecule has 0 aliphatic rings. The van der Waals surface area contributed by atoms with Gasteiger partial charge in [-0.2, -0.15) is 0 Å². The van der Waals surface area contributed by atoms with Crippen molar-refractivity contribution < 1.29 is 4.74 Å². The monoisotopic (exact) mass is 440 g/mol. The van der Waals surface area contributed by atoms with Gasteiger partial charge in [-0.1, -0.05) is 45.7 Å². The summed E-state index contributed by atoms with van der Waals surface area (Å²) in [5, 5.41) is 0.688. The summed E-state index contributed by atoms with van der Waals surface area (Å²) in [6.07, 6.45) is 2.68. The van der Waals surface area contributed by atoms with E-state index in [4.69, 9.17) is 21.3 Å². The highest BCUT2D eigenvalue weighted by Gasteiger charge is 2.16. The first-order valence-corrected chi connectivity index (χ1v) is 9.78. The number of rotatable bonds is 4. The summed E-state index contributed by atoms with van der Waals surface area (Å²) in [5.41, 5.74) is 6.45. The third-order valence-electron chi connectivity index (χ3n) is 4.69. The van der Waals surface area contributed by atoms with Gasteiger partial charge in [-0.05, 0) is 54.4 Å². The van der Waals surface area contributed by atoms with Crippen LogP contribution >= 0.6 is 27.5 Å². The van der Waals surface area contributed by atoms with Gasteiger partial charge >= 0.3 is 0 Å². The molecule has 4 aromatic rings. The highest BCUT2D eigenvalue weighted by molar-refractivity contribution is 9.10. The van der Waals surface area contributed by atoms with Crippen LogP contribution in [-0.4, -0.2) is 16.5 Å². The average molecular weight is 442 g/mol. The molecule has 136 valence electrons. The van der Waals surface area contributed by atoms with Crippen LogP contribution in [-0.2, 0) is 6.42 Å². The van der Waals surface area contributed by atoms with Crippen LogP contribution in [0.1, 0.15) is 16.8 Å². The number of imidazole rings is 1. The molecule has 0 amide bonds. The fraction of sp³-hybridized carbons (Fsp3) is 0.136. The minimum atomic E-state index is 0.688. The molecule has 0 spiro atoms. The lowest BCUT2D eigenvalue weighted by molar-refractivity contribution is 0.414. The van der Waals surface area contributed by atoms with Gasteiger partial charge in [0.1, 0.15) is 11.4 Å². The zero-order valence-corrected chi connectivity index (χ0v) is 17.4. The first kappa shape index (κ1) is 18.1. The first-order chi connectivity index (χ1) is 13.0. The van der Waals surface area contributed by atoms with Crippen LogP contribution in [0.5, 0.6) is 5.75 Å². The van der Waals surface area contributed by atoms with Gasteiger partial charge in [-0.25, -0.2) is 4.98 Å². The number of fused-ring (bicyclic) bond motifs is 1. The lowest BCUT2D eigenvalue weighted by Crippen LogP contribution is -1.99. The molecule has 0 radical (unpaired) electrons. The molecule has 0 aliphatic heterocycles. The number of halogens is 2. The molecule has 0 unspecified atom stereocenters. The molecule has 2 aromatic carbocycles. The Hall–Kier alpha value is -2.30. The van der Waals surface area contributed by atoms with E-state index in [1.165, 1.54) is 11.1 Å². The summed E-state index contributed by atoms with van der Waals surface area (Å²) in [4.78, 5) is 4.88. The fourth-order valence-corrected chi connectivity index (χ4v) is 3.84. The van der Waals surface area contributed by atoms with Gasteiger partial charge in [-0.3, -0.25) is 0 Å². The molecule has 5 heteroatoms. The van der Waals surface area contributed by atoms with Crippen molar-refractivity contribution in [3.63, 3.8) is 0 Å². The predicted molar refractivity (Wildman–Crippen MR) is 114 cm³/mol. The van der Waals surface area contributed by atoms with Gasteiger partial charge < -0.3 is 9.14 Å². The molecule has 0 fully saturated rings. The number of benzene rings is 2. The van der Waals surface area contributed by atoms with Crippen LogP contribution in [0.15, 0.2) is 65.3 Å². The van der Waals surface area contributed by atoms with Crippen molar-refractivity contribution in [3.05, 3.63) is 87.1 Å². The van der Waals surface area contributed by atoms with Gasteiger partial charge in [-0.15, -0.1) is 0 Å². The minimum Gasteiger partial charge on any atom is -0.497 e. The van der Waals surface area contributed by atoms with Gasteiger partial charge in [0.2, 0.25) is 0 Å². The lowest BCUT2D eigenvalue weighted by Gasteiger charge is -2.10. The van der Waals surface area contributed by atoms with Crippen LogP contribution in [0.2, 0.25) is 5.02 Å². The molecule has 4 rings (SSSR count). The number of aryl methyl sites for hydroxylation is 1. The molecule has 0 bridgehead atoms. The van der Waals surface area contributed by atoms with E-state index in [0.717, 1.165) is 39.2 Å². The molecule has 3 nitrogen and oxygen atoms in total. The van der Waals surface area contributed by atoms with Crippen LogP contribution in [0.4, 0.5) is 0 Å². The maximum absolute atomic E-state index is 6.27. The van der Waals surface area contributed by atoms with Gasteiger partial charge in [0.25, 0.3) is 0 Å². The molecular formula is C22H18BrClN2O. The molecule has 27 heavy (non-hydrogen) atoms. The van der Waals surface area contributed by atoms with Crippen molar-refractivity contribution in [3.8, 4) is 17.0 Å². The van der Waals surface area contributed by atoms with Gasteiger partial charge in [0.15, 0.2) is 0 Å². The van der Waals surface area contributed by atoms with Crippen molar-refractivity contribution in [2.45, 2.75) is 13.3 Å².